The fraction of sp³-hybridized carbons (Fsp3) is 0.762. The summed E-state index contributed by atoms with van der Waals surface area (Å²) in [4.78, 5) is 15.1. The van der Waals surface area contributed by atoms with E-state index in [0.29, 0.717) is 39.0 Å². The first-order valence-corrected chi connectivity index (χ1v) is 10.2. The minimum Gasteiger partial charge on any atom is -0.381 e. The Morgan fingerprint density at radius 3 is 2.38 bits per heavy atom. The summed E-state index contributed by atoms with van der Waals surface area (Å²) < 4.78 is 17.3. The summed E-state index contributed by atoms with van der Waals surface area (Å²) in [6.45, 7) is 5.87. The van der Waals surface area contributed by atoms with Gasteiger partial charge in [0.05, 0.1) is 26.4 Å². The van der Waals surface area contributed by atoms with Crippen LogP contribution < -0.4 is 5.43 Å². The first-order valence-electron chi connectivity index (χ1n) is 10.2. The summed E-state index contributed by atoms with van der Waals surface area (Å²) in [6.07, 6.45) is 9.84. The highest BCUT2D eigenvalue weighted by molar-refractivity contribution is 5.10. The highest BCUT2D eigenvalue weighted by atomic mass is 16.5. The van der Waals surface area contributed by atoms with Gasteiger partial charge in [-0.1, -0.05) is 45.4 Å². The minimum absolute atomic E-state index is 0.00000625. The second kappa shape index (κ2) is 13.1. The highest BCUT2D eigenvalue weighted by Gasteiger charge is 2.11. The van der Waals surface area contributed by atoms with Crippen LogP contribution in [0.5, 0.6) is 0 Å². The van der Waals surface area contributed by atoms with Crippen molar-refractivity contribution in [3.05, 3.63) is 33.7 Å². The van der Waals surface area contributed by atoms with Crippen LogP contribution in [-0.2, 0) is 27.4 Å². The summed E-state index contributed by atoms with van der Waals surface area (Å²) in [5.74, 6) is 0.417. The Kier molecular flexibility index (Phi) is 10.6. The number of fused-ring (bicyclic) bond motifs is 2. The van der Waals surface area contributed by atoms with Crippen molar-refractivity contribution in [2.45, 2.75) is 71.5 Å². The molecule has 1 N–H and O–H groups in total. The third kappa shape index (κ3) is 8.97. The SMILES string of the molecule is CCCCCCCCC1COCCCOCc2cc(=O)cc([nH]2)COC1. The van der Waals surface area contributed by atoms with Crippen LogP contribution >= 0.6 is 0 Å². The van der Waals surface area contributed by atoms with Gasteiger partial charge in [-0.05, 0) is 12.8 Å². The fourth-order valence-corrected chi connectivity index (χ4v) is 3.28. The second-order valence-electron chi connectivity index (χ2n) is 7.29. The monoisotopic (exact) mass is 365 g/mol. The zero-order valence-corrected chi connectivity index (χ0v) is 16.3. The lowest BCUT2D eigenvalue weighted by Gasteiger charge is -2.18. The van der Waals surface area contributed by atoms with Gasteiger partial charge in [-0.25, -0.2) is 0 Å². The zero-order chi connectivity index (χ0) is 18.5. The van der Waals surface area contributed by atoms with E-state index in [9.17, 15) is 4.79 Å². The summed E-state index contributed by atoms with van der Waals surface area (Å²) in [7, 11) is 0. The molecule has 1 aliphatic heterocycles. The number of pyridine rings is 1. The molecule has 1 aromatic rings. The number of H-pyrrole nitrogens is 1. The molecule has 2 rings (SSSR count). The van der Waals surface area contributed by atoms with Gasteiger partial charge in [0.25, 0.3) is 0 Å². The zero-order valence-electron chi connectivity index (χ0n) is 16.3. The van der Waals surface area contributed by atoms with Crippen molar-refractivity contribution in [2.75, 3.05) is 26.4 Å². The summed E-state index contributed by atoms with van der Waals surface area (Å²) in [5.41, 5.74) is 1.62. The van der Waals surface area contributed by atoms with Gasteiger partial charge in [0.2, 0.25) is 0 Å². The van der Waals surface area contributed by atoms with Crippen molar-refractivity contribution < 1.29 is 14.2 Å². The molecule has 1 aliphatic rings. The number of aromatic amines is 1. The Bertz CT molecular complexity index is 543. The number of nitrogens with one attached hydrogen (secondary N) is 1. The third-order valence-electron chi connectivity index (χ3n) is 4.72. The Balaban J connectivity index is 1.82. The summed E-state index contributed by atoms with van der Waals surface area (Å²) in [5, 5.41) is 0. The summed E-state index contributed by atoms with van der Waals surface area (Å²) in [6, 6.07) is 3.20. The molecule has 1 aromatic heterocycles. The largest absolute Gasteiger partial charge is 0.381 e. The average Bonchev–Trinajstić information content (AvgIpc) is 2.62. The van der Waals surface area contributed by atoms with Crippen LogP contribution in [0.1, 0.15) is 69.7 Å². The predicted octanol–water partition coefficient (Wildman–Crippen LogP) is 4.20. The van der Waals surface area contributed by atoms with Crippen LogP contribution in [0.15, 0.2) is 16.9 Å². The lowest BCUT2D eigenvalue weighted by Crippen LogP contribution is -2.19. The number of hydrogen-bond acceptors (Lipinski definition) is 4. The number of rotatable bonds is 7. The van der Waals surface area contributed by atoms with Crippen molar-refractivity contribution in [2.24, 2.45) is 5.92 Å². The van der Waals surface area contributed by atoms with E-state index in [0.717, 1.165) is 30.8 Å². The van der Waals surface area contributed by atoms with E-state index in [1.165, 1.54) is 38.5 Å². The van der Waals surface area contributed by atoms with Crippen LogP contribution in [0.25, 0.3) is 0 Å². The quantitative estimate of drug-likeness (QED) is 0.736. The smallest absolute Gasteiger partial charge is 0.182 e. The molecule has 2 heterocycles. The van der Waals surface area contributed by atoms with Crippen molar-refractivity contribution in [1.29, 1.82) is 0 Å². The van der Waals surface area contributed by atoms with Gasteiger partial charge in [-0.3, -0.25) is 4.79 Å². The van der Waals surface area contributed by atoms with E-state index in [2.05, 4.69) is 11.9 Å². The average molecular weight is 366 g/mol. The maximum absolute atomic E-state index is 11.8. The number of ether oxygens (including phenoxy) is 3. The molecule has 2 bridgehead atoms. The molecule has 0 saturated carbocycles. The van der Waals surface area contributed by atoms with Crippen molar-refractivity contribution >= 4 is 0 Å². The van der Waals surface area contributed by atoms with Crippen LogP contribution in [0.3, 0.4) is 0 Å². The molecule has 0 radical (unpaired) electrons. The molecule has 5 heteroatoms. The molecule has 0 fully saturated rings. The molecular formula is C21H35NO4. The van der Waals surface area contributed by atoms with Crippen LogP contribution in [-0.4, -0.2) is 31.4 Å². The lowest BCUT2D eigenvalue weighted by atomic mass is 10.0. The van der Waals surface area contributed by atoms with Crippen molar-refractivity contribution in [3.63, 3.8) is 0 Å². The Morgan fingerprint density at radius 1 is 0.923 bits per heavy atom. The third-order valence-corrected chi connectivity index (χ3v) is 4.72. The first kappa shape index (κ1) is 21.1. The number of aromatic nitrogens is 1. The molecule has 1 atom stereocenters. The van der Waals surface area contributed by atoms with E-state index < -0.39 is 0 Å². The molecule has 5 nitrogen and oxygen atoms in total. The molecule has 26 heavy (non-hydrogen) atoms. The van der Waals surface area contributed by atoms with E-state index in [1.807, 2.05) is 0 Å². The highest BCUT2D eigenvalue weighted by Crippen LogP contribution is 2.14. The molecule has 0 aromatic carbocycles. The van der Waals surface area contributed by atoms with Crippen LogP contribution in [0.2, 0.25) is 0 Å². The molecule has 148 valence electrons. The van der Waals surface area contributed by atoms with Crippen LogP contribution in [0.4, 0.5) is 0 Å². The van der Waals surface area contributed by atoms with Crippen molar-refractivity contribution in [3.8, 4) is 0 Å². The van der Waals surface area contributed by atoms with E-state index in [-0.39, 0.29) is 5.43 Å². The fourth-order valence-electron chi connectivity index (χ4n) is 3.28. The number of unbranched alkanes of at least 4 members (excludes halogenated alkanes) is 5. The maximum atomic E-state index is 11.8. The van der Waals surface area contributed by atoms with Gasteiger partial charge in [-0.2, -0.15) is 0 Å². The summed E-state index contributed by atoms with van der Waals surface area (Å²) >= 11 is 0. The van der Waals surface area contributed by atoms with Gasteiger partial charge in [0.15, 0.2) is 5.43 Å². The Labute approximate surface area is 157 Å². The van der Waals surface area contributed by atoms with Crippen molar-refractivity contribution in [1.82, 2.24) is 4.98 Å². The second-order valence-corrected chi connectivity index (χ2v) is 7.29. The van der Waals surface area contributed by atoms with Gasteiger partial charge < -0.3 is 19.2 Å². The molecule has 0 aliphatic carbocycles. The van der Waals surface area contributed by atoms with E-state index in [1.54, 1.807) is 12.1 Å². The van der Waals surface area contributed by atoms with E-state index >= 15 is 0 Å². The molecule has 0 saturated heterocycles. The van der Waals surface area contributed by atoms with Crippen LogP contribution in [0, 0.1) is 5.92 Å². The van der Waals surface area contributed by atoms with Gasteiger partial charge >= 0.3 is 0 Å². The maximum Gasteiger partial charge on any atom is 0.182 e. The molecule has 1 unspecified atom stereocenters. The lowest BCUT2D eigenvalue weighted by molar-refractivity contribution is 0.0169. The van der Waals surface area contributed by atoms with Gasteiger partial charge in [0.1, 0.15) is 0 Å². The normalized spacial score (nSPS) is 19.8. The van der Waals surface area contributed by atoms with E-state index in [4.69, 9.17) is 14.2 Å². The standard InChI is InChI=1S/C21H35NO4/c1-2-3-4-5-6-7-9-18-14-24-10-8-11-25-16-19-12-21(23)13-20(22-19)17-26-15-18/h12-13,18H,2-11,14-17H2,1H3,(H,22,23). The first-order chi connectivity index (χ1) is 12.8. The number of hydrogen-bond donors (Lipinski definition) is 1. The molecule has 0 amide bonds. The minimum atomic E-state index is 0.00000625. The predicted molar refractivity (Wildman–Crippen MR) is 103 cm³/mol. The topological polar surface area (TPSA) is 60.5 Å². The molecule has 0 spiro atoms. The van der Waals surface area contributed by atoms with Gasteiger partial charge in [0, 0.05) is 42.7 Å². The molecular weight excluding hydrogens is 330 g/mol. The van der Waals surface area contributed by atoms with Gasteiger partial charge in [-0.15, -0.1) is 0 Å². The Hall–Kier alpha value is -1.17. The Morgan fingerprint density at radius 2 is 1.58 bits per heavy atom.